The van der Waals surface area contributed by atoms with Crippen molar-refractivity contribution in [3.8, 4) is 11.5 Å². The van der Waals surface area contributed by atoms with Gasteiger partial charge >= 0.3 is 17.7 Å². The summed E-state index contributed by atoms with van der Waals surface area (Å²) >= 11 is 6.21. The van der Waals surface area contributed by atoms with Crippen LogP contribution in [-0.2, 0) is 27.3 Å². The molecule has 10 heteroatoms. The van der Waals surface area contributed by atoms with E-state index < -0.39 is 17.7 Å². The molecule has 1 aliphatic rings. The first-order valence-corrected chi connectivity index (χ1v) is 10.5. The molecule has 2 aromatic carbocycles. The van der Waals surface area contributed by atoms with Gasteiger partial charge in [0.15, 0.2) is 11.5 Å². The zero-order chi connectivity index (χ0) is 23.4. The Bertz CT molecular complexity index is 1270. The van der Waals surface area contributed by atoms with Crippen LogP contribution < -0.4 is 20.4 Å². The Hall–Kier alpha value is -3.72. The highest BCUT2D eigenvalue weighted by molar-refractivity contribution is 6.32. The summed E-state index contributed by atoms with van der Waals surface area (Å²) in [6, 6.07) is 9.35. The van der Waals surface area contributed by atoms with Crippen molar-refractivity contribution in [1.29, 1.82) is 0 Å². The summed E-state index contributed by atoms with van der Waals surface area (Å²) in [7, 11) is 0. The van der Waals surface area contributed by atoms with Crippen LogP contribution in [0.3, 0.4) is 0 Å². The van der Waals surface area contributed by atoms with Gasteiger partial charge in [-0.15, -0.1) is 0 Å². The Morgan fingerprint density at radius 3 is 2.73 bits per heavy atom. The quantitative estimate of drug-likeness (QED) is 0.421. The van der Waals surface area contributed by atoms with E-state index in [0.29, 0.717) is 51.9 Å². The van der Waals surface area contributed by atoms with Gasteiger partial charge in [-0.2, -0.15) is 0 Å². The minimum Gasteiger partial charge on any atom is -0.486 e. The van der Waals surface area contributed by atoms with Gasteiger partial charge in [-0.05, 0) is 36.8 Å². The molecule has 0 spiro atoms. The van der Waals surface area contributed by atoms with E-state index >= 15 is 0 Å². The first kappa shape index (κ1) is 22.5. The van der Waals surface area contributed by atoms with Crippen molar-refractivity contribution >= 4 is 40.3 Å². The molecule has 0 radical (unpaired) electrons. The number of benzene rings is 2. The fourth-order valence-electron chi connectivity index (χ4n) is 3.35. The topological polar surface area (TPSA) is 113 Å². The Kier molecular flexibility index (Phi) is 6.69. The molecule has 0 saturated heterocycles. The third kappa shape index (κ3) is 5.38. The van der Waals surface area contributed by atoms with Crippen LogP contribution in [0.1, 0.15) is 18.1 Å². The fraction of sp³-hybridized carbons (Fsp3) is 0.261. The number of hydrogen-bond acceptors (Lipinski definition) is 8. The van der Waals surface area contributed by atoms with E-state index in [4.69, 9.17) is 35.0 Å². The van der Waals surface area contributed by atoms with Crippen LogP contribution in [0.5, 0.6) is 11.5 Å². The third-order valence-corrected chi connectivity index (χ3v) is 5.03. The number of carbonyl (C=O) groups is 2. The molecule has 0 fully saturated rings. The minimum atomic E-state index is -0.622. The molecule has 1 aliphatic heterocycles. The molecule has 1 N–H and O–H groups in total. The Balaban J connectivity index is 1.46. The maximum absolute atomic E-state index is 12.4. The van der Waals surface area contributed by atoms with E-state index in [0.717, 1.165) is 0 Å². The lowest BCUT2D eigenvalue weighted by Crippen LogP contribution is -2.16. The van der Waals surface area contributed by atoms with Crippen LogP contribution in [-0.4, -0.2) is 31.9 Å². The molecule has 1 aromatic heterocycles. The fourth-order valence-corrected chi connectivity index (χ4v) is 3.64. The Morgan fingerprint density at radius 1 is 1.09 bits per heavy atom. The van der Waals surface area contributed by atoms with Crippen molar-refractivity contribution in [2.75, 3.05) is 25.1 Å². The number of fused-ring (bicyclic) bond motifs is 2. The minimum absolute atomic E-state index is 0.0384. The highest BCUT2D eigenvalue weighted by Gasteiger charge is 2.18. The highest BCUT2D eigenvalue weighted by Crippen LogP contribution is 2.38. The lowest BCUT2D eigenvalue weighted by atomic mass is 10.1. The zero-order valence-electron chi connectivity index (χ0n) is 17.6. The number of hydrogen-bond donors (Lipinski definition) is 1. The average molecular weight is 474 g/mol. The van der Waals surface area contributed by atoms with Crippen molar-refractivity contribution in [2.45, 2.75) is 20.0 Å². The molecule has 2 heterocycles. The number of ether oxygens (including phenoxy) is 4. The van der Waals surface area contributed by atoms with Crippen molar-refractivity contribution in [3.05, 3.63) is 63.0 Å². The summed E-state index contributed by atoms with van der Waals surface area (Å²) in [5.41, 5.74) is 1.11. The first-order chi connectivity index (χ1) is 15.9. The van der Waals surface area contributed by atoms with Crippen molar-refractivity contribution in [3.63, 3.8) is 0 Å². The molecule has 172 valence electrons. The van der Waals surface area contributed by atoms with E-state index in [2.05, 4.69) is 5.32 Å². The number of amides is 1. The maximum atomic E-state index is 12.4. The van der Waals surface area contributed by atoms with E-state index in [1.165, 1.54) is 12.1 Å². The maximum Gasteiger partial charge on any atom is 0.411 e. The predicted molar refractivity (Wildman–Crippen MR) is 119 cm³/mol. The van der Waals surface area contributed by atoms with Gasteiger partial charge in [0.05, 0.1) is 18.1 Å². The lowest BCUT2D eigenvalue weighted by molar-refractivity contribution is -0.144. The summed E-state index contributed by atoms with van der Waals surface area (Å²) in [5.74, 6) is 0.430. The molecule has 9 nitrogen and oxygen atoms in total. The number of halogens is 1. The van der Waals surface area contributed by atoms with E-state index in [9.17, 15) is 14.4 Å². The van der Waals surface area contributed by atoms with Crippen LogP contribution in [0.4, 0.5) is 10.5 Å². The van der Waals surface area contributed by atoms with Gasteiger partial charge < -0.3 is 23.4 Å². The summed E-state index contributed by atoms with van der Waals surface area (Å²) in [5, 5.41) is 3.46. The number of rotatable bonds is 6. The summed E-state index contributed by atoms with van der Waals surface area (Å²) in [4.78, 5) is 36.0. The molecule has 3 aromatic rings. The molecule has 4 rings (SSSR count). The smallest absolute Gasteiger partial charge is 0.411 e. The van der Waals surface area contributed by atoms with E-state index in [1.807, 2.05) is 0 Å². The van der Waals surface area contributed by atoms with Crippen molar-refractivity contribution in [2.24, 2.45) is 0 Å². The highest BCUT2D eigenvalue weighted by atomic mass is 35.5. The van der Waals surface area contributed by atoms with Gasteiger partial charge in [0.2, 0.25) is 0 Å². The number of carbonyl (C=O) groups excluding carboxylic acids is 2. The summed E-state index contributed by atoms with van der Waals surface area (Å²) in [6.45, 7) is 2.59. The van der Waals surface area contributed by atoms with Gasteiger partial charge in [0, 0.05) is 28.8 Å². The lowest BCUT2D eigenvalue weighted by Gasteiger charge is -2.20. The molecule has 0 bridgehead atoms. The molecular formula is C23H20ClNO8. The van der Waals surface area contributed by atoms with Crippen LogP contribution in [0.15, 0.2) is 45.6 Å². The van der Waals surface area contributed by atoms with Crippen LogP contribution in [0.25, 0.3) is 11.0 Å². The average Bonchev–Trinajstić information content (AvgIpc) is 2.77. The van der Waals surface area contributed by atoms with E-state index in [1.54, 1.807) is 31.2 Å². The van der Waals surface area contributed by atoms with Crippen LogP contribution >= 0.6 is 11.6 Å². The van der Waals surface area contributed by atoms with Gasteiger partial charge in [0.1, 0.15) is 25.4 Å². The van der Waals surface area contributed by atoms with Gasteiger partial charge in [-0.1, -0.05) is 11.6 Å². The standard InChI is InChI=1S/C23H20ClNO8/c1-2-29-23(28)25-15-3-4-16-14(10-21(27)33-18(16)11-15)12-32-20(26)9-13-7-17(24)22-19(8-13)30-5-6-31-22/h3-4,7-8,10-11H,2,5-6,9,12H2,1H3,(H,25,28). The molecule has 0 saturated carbocycles. The summed E-state index contributed by atoms with van der Waals surface area (Å²) < 4.78 is 26.4. The molecule has 1 amide bonds. The number of nitrogens with one attached hydrogen (secondary N) is 1. The Labute approximate surface area is 193 Å². The van der Waals surface area contributed by atoms with Crippen LogP contribution in [0, 0.1) is 0 Å². The molecular weight excluding hydrogens is 454 g/mol. The molecule has 0 atom stereocenters. The SMILES string of the molecule is CCOC(=O)Nc1ccc2c(COC(=O)Cc3cc(Cl)c4c(c3)OCCO4)cc(=O)oc2c1. The van der Waals surface area contributed by atoms with Crippen LogP contribution in [0.2, 0.25) is 5.02 Å². The summed E-state index contributed by atoms with van der Waals surface area (Å²) in [6.07, 6.45) is -0.660. The second kappa shape index (κ2) is 9.83. The predicted octanol–water partition coefficient (Wildman–Crippen LogP) is 4.07. The van der Waals surface area contributed by atoms with Gasteiger partial charge in [-0.25, -0.2) is 9.59 Å². The largest absolute Gasteiger partial charge is 0.486 e. The second-order valence-electron chi connectivity index (χ2n) is 7.09. The number of esters is 1. The Morgan fingerprint density at radius 2 is 1.91 bits per heavy atom. The second-order valence-corrected chi connectivity index (χ2v) is 7.49. The van der Waals surface area contributed by atoms with Crippen molar-refractivity contribution < 1.29 is 33.0 Å². The van der Waals surface area contributed by atoms with E-state index in [-0.39, 0.29) is 25.2 Å². The number of anilines is 1. The molecule has 0 unspecified atom stereocenters. The van der Waals surface area contributed by atoms with Gasteiger partial charge in [0.25, 0.3) is 0 Å². The first-order valence-electron chi connectivity index (χ1n) is 10.2. The molecule has 0 aliphatic carbocycles. The van der Waals surface area contributed by atoms with Gasteiger partial charge in [-0.3, -0.25) is 10.1 Å². The zero-order valence-corrected chi connectivity index (χ0v) is 18.4. The monoisotopic (exact) mass is 473 g/mol. The third-order valence-electron chi connectivity index (χ3n) is 4.75. The van der Waals surface area contributed by atoms with Crippen molar-refractivity contribution in [1.82, 2.24) is 0 Å². The normalized spacial score (nSPS) is 12.3. The molecule has 33 heavy (non-hydrogen) atoms.